The lowest BCUT2D eigenvalue weighted by Crippen LogP contribution is -2.14. The van der Waals surface area contributed by atoms with Crippen LogP contribution in [-0.4, -0.2) is 0 Å². The number of aryl methyl sites for hydroxylation is 3. The number of hydrogen-bond donors (Lipinski definition) is 1. The molecule has 8 aromatic rings. The highest BCUT2D eigenvalue weighted by atomic mass is 16.5. The summed E-state index contributed by atoms with van der Waals surface area (Å²) in [5.74, 6) is 0.948. The van der Waals surface area contributed by atoms with E-state index >= 15 is 0 Å². The average molecular weight is 659 g/mol. The van der Waals surface area contributed by atoms with E-state index in [1.165, 1.54) is 49.8 Å². The summed E-state index contributed by atoms with van der Waals surface area (Å²) in [5, 5.41) is 8.49. The van der Waals surface area contributed by atoms with E-state index in [0.717, 1.165) is 76.0 Å². The Labute approximate surface area is 296 Å². The van der Waals surface area contributed by atoms with Crippen molar-refractivity contribution >= 4 is 61.5 Å². The second kappa shape index (κ2) is 11.1. The molecule has 0 spiro atoms. The maximum absolute atomic E-state index is 6.78. The van der Waals surface area contributed by atoms with Crippen molar-refractivity contribution in [3.05, 3.63) is 167 Å². The van der Waals surface area contributed by atoms with Gasteiger partial charge in [-0.05, 0) is 107 Å². The van der Waals surface area contributed by atoms with E-state index in [4.69, 9.17) is 9.15 Å². The van der Waals surface area contributed by atoms with Crippen LogP contribution >= 0.6 is 0 Å². The van der Waals surface area contributed by atoms with Gasteiger partial charge in [0.15, 0.2) is 12.0 Å². The first-order valence-electron chi connectivity index (χ1n) is 18.0. The van der Waals surface area contributed by atoms with Crippen molar-refractivity contribution in [2.75, 3.05) is 10.2 Å². The number of allylic oxidation sites excluding steroid dienone is 1. The number of rotatable bonds is 4. The molecule has 4 heteroatoms. The van der Waals surface area contributed by atoms with Gasteiger partial charge in [-0.1, -0.05) is 97.1 Å². The van der Waals surface area contributed by atoms with Gasteiger partial charge in [-0.25, -0.2) is 0 Å². The Morgan fingerprint density at radius 1 is 0.627 bits per heavy atom. The summed E-state index contributed by atoms with van der Waals surface area (Å²) in [7, 11) is 0. The van der Waals surface area contributed by atoms with E-state index in [0.29, 0.717) is 0 Å². The van der Waals surface area contributed by atoms with Crippen LogP contribution < -0.4 is 15.0 Å². The maximum atomic E-state index is 6.78. The van der Waals surface area contributed by atoms with E-state index in [1.54, 1.807) is 0 Å². The summed E-state index contributed by atoms with van der Waals surface area (Å²) in [4.78, 5) is 2.46. The molecule has 3 aliphatic rings. The van der Waals surface area contributed by atoms with Gasteiger partial charge in [0.25, 0.3) is 0 Å². The molecule has 2 aliphatic carbocycles. The fourth-order valence-corrected chi connectivity index (χ4v) is 8.63. The van der Waals surface area contributed by atoms with Crippen LogP contribution in [-0.2, 0) is 19.3 Å². The van der Waals surface area contributed by atoms with E-state index in [9.17, 15) is 0 Å². The molecule has 1 N–H and O–H groups in total. The molecule has 0 amide bonds. The number of para-hydroxylation sites is 1. The molecule has 244 valence electrons. The lowest BCUT2D eigenvalue weighted by Gasteiger charge is -2.31. The summed E-state index contributed by atoms with van der Waals surface area (Å²) in [6.07, 6.45) is 8.50. The second-order valence-corrected chi connectivity index (χ2v) is 13.9. The molecule has 51 heavy (non-hydrogen) atoms. The first kappa shape index (κ1) is 28.6. The number of nitrogens with one attached hydrogen (secondary N) is 1. The number of furan rings is 1. The number of hydrogen-bond acceptors (Lipinski definition) is 4. The van der Waals surface area contributed by atoms with Crippen LogP contribution in [0.15, 0.2) is 144 Å². The monoisotopic (exact) mass is 658 g/mol. The molecule has 1 aliphatic heterocycles. The number of nitrogens with zero attached hydrogens (tertiary/aromatic N) is 1. The van der Waals surface area contributed by atoms with Crippen LogP contribution in [0, 0.1) is 0 Å². The highest BCUT2D eigenvalue weighted by Gasteiger charge is 2.31. The van der Waals surface area contributed by atoms with Crippen LogP contribution in [0.1, 0.15) is 40.5 Å². The zero-order chi connectivity index (χ0) is 33.5. The standard InChI is InChI=1S/C47H34N2O2/c1-2-10-31(11-3-1)47-48-41-24-21-30-19-18-29-20-22-33(27-39(29)45(30)46(41)51-47)49(34-23-25-44-40(28-34)38-16-8-9-17-43(38)50-44)42-26-32-12-4-5-13-35(32)36-14-6-7-15-37(36)42/h1-5,7-13,15-17,20-28,47-48H,6,14,18-19H2. The third-order valence-corrected chi connectivity index (χ3v) is 11.0. The van der Waals surface area contributed by atoms with Crippen molar-refractivity contribution in [2.24, 2.45) is 0 Å². The van der Waals surface area contributed by atoms with Crippen molar-refractivity contribution in [3.63, 3.8) is 0 Å². The van der Waals surface area contributed by atoms with Gasteiger partial charge in [-0.2, -0.15) is 0 Å². The molecule has 0 saturated heterocycles. The molecule has 2 heterocycles. The summed E-state index contributed by atoms with van der Waals surface area (Å²) in [6, 6.07) is 48.2. The molecule has 0 bridgehead atoms. The predicted octanol–water partition coefficient (Wildman–Crippen LogP) is 12.4. The zero-order valence-electron chi connectivity index (χ0n) is 28.0. The summed E-state index contributed by atoms with van der Waals surface area (Å²) >= 11 is 0. The SMILES string of the molecule is C1=Cc2c(N(c3ccc4c(c3)-c3c(ccc5c3OC(c3ccccc3)N5)CC4)c3ccc4oc5ccccc5c4c3)cc3ccccc3c2CC1. The molecule has 4 nitrogen and oxygen atoms in total. The van der Waals surface area contributed by atoms with Gasteiger partial charge in [0.05, 0.1) is 11.4 Å². The number of benzene rings is 7. The Morgan fingerprint density at radius 3 is 2.33 bits per heavy atom. The first-order chi connectivity index (χ1) is 25.3. The quantitative estimate of drug-likeness (QED) is 0.204. The van der Waals surface area contributed by atoms with Gasteiger partial charge < -0.3 is 19.4 Å². The molecule has 11 rings (SSSR count). The van der Waals surface area contributed by atoms with E-state index < -0.39 is 0 Å². The van der Waals surface area contributed by atoms with E-state index in [2.05, 4.69) is 144 Å². The molecule has 1 aromatic heterocycles. The number of fused-ring (bicyclic) bond motifs is 11. The maximum Gasteiger partial charge on any atom is 0.196 e. The van der Waals surface area contributed by atoms with Gasteiger partial charge in [0, 0.05) is 38.8 Å². The van der Waals surface area contributed by atoms with Crippen LogP contribution in [0.3, 0.4) is 0 Å². The third kappa shape index (κ3) is 4.46. The molecule has 7 aromatic carbocycles. The largest absolute Gasteiger partial charge is 0.464 e. The van der Waals surface area contributed by atoms with Gasteiger partial charge in [0.2, 0.25) is 0 Å². The molecular formula is C47H34N2O2. The molecule has 1 unspecified atom stereocenters. The fraction of sp³-hybridized carbons (Fsp3) is 0.106. The lowest BCUT2D eigenvalue weighted by molar-refractivity contribution is 0.260. The van der Waals surface area contributed by atoms with Crippen molar-refractivity contribution in [1.29, 1.82) is 0 Å². The first-order valence-corrected chi connectivity index (χ1v) is 18.0. The van der Waals surface area contributed by atoms with Crippen molar-refractivity contribution in [1.82, 2.24) is 0 Å². The van der Waals surface area contributed by atoms with Crippen molar-refractivity contribution in [3.8, 4) is 16.9 Å². The Kier molecular flexibility index (Phi) is 6.23. The second-order valence-electron chi connectivity index (χ2n) is 13.9. The van der Waals surface area contributed by atoms with Crippen LogP contribution in [0.5, 0.6) is 5.75 Å². The van der Waals surface area contributed by atoms with Crippen LogP contribution in [0.4, 0.5) is 22.7 Å². The van der Waals surface area contributed by atoms with Crippen molar-refractivity contribution in [2.45, 2.75) is 31.9 Å². The number of anilines is 4. The normalized spacial score (nSPS) is 15.6. The van der Waals surface area contributed by atoms with Crippen molar-refractivity contribution < 1.29 is 9.15 Å². The van der Waals surface area contributed by atoms with E-state index in [1.807, 2.05) is 12.1 Å². The minimum Gasteiger partial charge on any atom is -0.464 e. The highest BCUT2D eigenvalue weighted by molar-refractivity contribution is 6.07. The molecule has 0 saturated carbocycles. The Hall–Kier alpha value is -6.26. The Morgan fingerprint density at radius 2 is 1.39 bits per heavy atom. The Bertz CT molecular complexity index is 2720. The number of ether oxygens (including phenoxy) is 1. The fourth-order valence-electron chi connectivity index (χ4n) is 8.63. The molecule has 0 radical (unpaired) electrons. The van der Waals surface area contributed by atoms with Gasteiger partial charge >= 0.3 is 0 Å². The molecular weight excluding hydrogens is 625 g/mol. The van der Waals surface area contributed by atoms with Gasteiger partial charge in [0.1, 0.15) is 11.2 Å². The average Bonchev–Trinajstić information content (AvgIpc) is 3.80. The molecule has 1 atom stereocenters. The van der Waals surface area contributed by atoms with E-state index in [-0.39, 0.29) is 6.23 Å². The van der Waals surface area contributed by atoms with Crippen LogP contribution in [0.25, 0.3) is 49.9 Å². The third-order valence-electron chi connectivity index (χ3n) is 11.0. The predicted molar refractivity (Wildman–Crippen MR) is 210 cm³/mol. The minimum atomic E-state index is -0.217. The molecule has 0 fully saturated rings. The smallest absolute Gasteiger partial charge is 0.196 e. The van der Waals surface area contributed by atoms with Crippen LogP contribution in [0.2, 0.25) is 0 Å². The minimum absolute atomic E-state index is 0.217. The zero-order valence-corrected chi connectivity index (χ0v) is 28.0. The Balaban J connectivity index is 1.14. The van der Waals surface area contributed by atoms with Gasteiger partial charge in [-0.15, -0.1) is 0 Å². The highest BCUT2D eigenvalue weighted by Crippen LogP contribution is 2.51. The summed E-state index contributed by atoms with van der Waals surface area (Å²) in [5.41, 5.74) is 15.2. The summed E-state index contributed by atoms with van der Waals surface area (Å²) < 4.78 is 13.1. The topological polar surface area (TPSA) is 37.6 Å². The summed E-state index contributed by atoms with van der Waals surface area (Å²) in [6.45, 7) is 0. The lowest BCUT2D eigenvalue weighted by atomic mass is 9.84. The van der Waals surface area contributed by atoms with Gasteiger partial charge in [-0.3, -0.25) is 0 Å².